The van der Waals surface area contributed by atoms with Gasteiger partial charge in [0.15, 0.2) is 10.7 Å². The van der Waals surface area contributed by atoms with Crippen molar-refractivity contribution >= 4 is 32.8 Å². The summed E-state index contributed by atoms with van der Waals surface area (Å²) >= 11 is 0. The maximum Gasteiger partial charge on any atom is 0.357 e. The zero-order valence-electron chi connectivity index (χ0n) is 23.2. The maximum absolute atomic E-state index is 13.0. The van der Waals surface area contributed by atoms with E-state index in [1.54, 1.807) is 41.8 Å². The summed E-state index contributed by atoms with van der Waals surface area (Å²) in [7, 11) is -5.61. The summed E-state index contributed by atoms with van der Waals surface area (Å²) in [6.07, 6.45) is 4.56. The Morgan fingerprint density at radius 1 is 1.02 bits per heavy atom. The quantitative estimate of drug-likeness (QED) is 0.285. The highest BCUT2D eigenvalue weighted by Gasteiger charge is 2.26. The second-order valence-corrected chi connectivity index (χ2v) is 12.0. The van der Waals surface area contributed by atoms with E-state index in [1.807, 2.05) is 19.1 Å². The average Bonchev–Trinajstić information content (AvgIpc) is 3.29. The van der Waals surface area contributed by atoms with Crippen molar-refractivity contribution in [3.8, 4) is 11.1 Å². The largest absolute Gasteiger partial charge is 0.461 e. The number of carbonyl (C=O) groups is 2. The van der Waals surface area contributed by atoms with Gasteiger partial charge >= 0.3 is 12.0 Å². The molecule has 0 spiro atoms. The number of benzene rings is 2. The minimum Gasteiger partial charge on any atom is -0.461 e. The van der Waals surface area contributed by atoms with Crippen LogP contribution in [0.4, 0.5) is 4.79 Å². The summed E-state index contributed by atoms with van der Waals surface area (Å²) in [5.74, 6) is 0.0808. The first kappa shape index (κ1) is 31.0. The molecule has 0 saturated heterocycles. The van der Waals surface area contributed by atoms with Crippen LogP contribution in [0.3, 0.4) is 0 Å². The number of aromatic nitrogens is 2. The molecule has 12 heteroatoms. The first-order chi connectivity index (χ1) is 19.1. The van der Waals surface area contributed by atoms with Crippen LogP contribution >= 0.6 is 0 Å². The number of aryl methyl sites for hydroxylation is 1. The second kappa shape index (κ2) is 14.2. The Hall–Kier alpha value is -3.51. The predicted molar refractivity (Wildman–Crippen MR) is 154 cm³/mol. The fraction of sp³-hybridized carbons (Fsp3) is 0.393. The molecule has 0 aliphatic rings. The molecular formula is C28H36N4O6S2. The molecule has 1 heterocycles. The molecular weight excluding hydrogens is 552 g/mol. The molecule has 0 bridgehead atoms. The molecule has 0 saturated carbocycles. The van der Waals surface area contributed by atoms with Crippen molar-refractivity contribution < 1.29 is 27.0 Å². The summed E-state index contributed by atoms with van der Waals surface area (Å²) < 4.78 is 47.5. The van der Waals surface area contributed by atoms with E-state index in [0.29, 0.717) is 36.3 Å². The molecule has 1 atom stereocenters. The number of unbranched alkanes of at least 4 members (excludes halogenated alkanes) is 1. The lowest BCUT2D eigenvalue weighted by molar-refractivity contribution is 0.0509. The molecule has 40 heavy (non-hydrogen) atoms. The van der Waals surface area contributed by atoms with Gasteiger partial charge in [0.25, 0.3) is 10.0 Å². The van der Waals surface area contributed by atoms with Crippen molar-refractivity contribution in [1.29, 1.82) is 0 Å². The Labute approximate surface area is 238 Å². The highest BCUT2D eigenvalue weighted by Crippen LogP contribution is 2.28. The Bertz CT molecular complexity index is 1470. The first-order valence-corrected chi connectivity index (χ1v) is 16.3. The van der Waals surface area contributed by atoms with Crippen molar-refractivity contribution in [3.05, 3.63) is 65.6 Å². The average molecular weight is 589 g/mol. The summed E-state index contributed by atoms with van der Waals surface area (Å²) in [5.41, 5.74) is 2.08. The topological polar surface area (TPSA) is 136 Å². The second-order valence-electron chi connectivity index (χ2n) is 9.10. The van der Waals surface area contributed by atoms with E-state index in [4.69, 9.17) is 4.74 Å². The molecule has 0 radical (unpaired) electrons. The van der Waals surface area contributed by atoms with Crippen molar-refractivity contribution in [2.75, 3.05) is 19.4 Å². The number of carbonyl (C=O) groups excluding carboxylic acids is 2. The monoisotopic (exact) mass is 588 g/mol. The van der Waals surface area contributed by atoms with Crippen molar-refractivity contribution in [2.45, 2.75) is 62.9 Å². The summed E-state index contributed by atoms with van der Waals surface area (Å²) in [4.78, 5) is 29.4. The lowest BCUT2D eigenvalue weighted by atomic mass is 10.0. The van der Waals surface area contributed by atoms with Crippen LogP contribution < -0.4 is 10.0 Å². The van der Waals surface area contributed by atoms with Gasteiger partial charge in [-0.05, 0) is 37.0 Å². The lowest BCUT2D eigenvalue weighted by Crippen LogP contribution is -2.39. The molecule has 2 aromatic carbocycles. The Morgan fingerprint density at radius 2 is 1.73 bits per heavy atom. The number of nitrogens with zero attached hydrogens (tertiary/aromatic N) is 2. The maximum atomic E-state index is 13.0. The Morgan fingerprint density at radius 3 is 2.35 bits per heavy atom. The standard InChI is InChI=1S/C28H36N4O6S2/c1-5-8-13-24-30-26(39(4)35)25(27(33)38-7-3)32(24)19-20-14-16-21(17-15-20)22-11-9-10-12-23(22)40(36,37)31-28(34)29-18-6-2/h9-12,14-17H,5-8,13,18-19H2,1-4H3,(H2,29,31,34). The third kappa shape index (κ3) is 7.57. The number of sulfonamides is 1. The van der Waals surface area contributed by atoms with Crippen molar-refractivity contribution in [1.82, 2.24) is 19.6 Å². The van der Waals surface area contributed by atoms with Crippen molar-refractivity contribution in [3.63, 3.8) is 0 Å². The molecule has 0 aliphatic carbocycles. The predicted octanol–water partition coefficient (Wildman–Crippen LogP) is 4.25. The highest BCUT2D eigenvalue weighted by atomic mass is 32.2. The molecule has 3 aromatic rings. The number of urea groups is 1. The number of nitrogens with one attached hydrogen (secondary N) is 2. The number of hydrogen-bond donors (Lipinski definition) is 2. The normalized spacial score (nSPS) is 12.1. The number of amides is 2. The number of imidazole rings is 1. The van der Waals surface area contributed by atoms with Crippen LogP contribution in [0.1, 0.15) is 61.9 Å². The molecule has 1 aromatic heterocycles. The molecule has 10 nitrogen and oxygen atoms in total. The number of ether oxygens (including phenoxy) is 1. The third-order valence-corrected chi connectivity index (χ3v) is 8.27. The zero-order chi connectivity index (χ0) is 29.3. The summed E-state index contributed by atoms with van der Waals surface area (Å²) in [6.45, 7) is 6.46. The number of rotatable bonds is 13. The van der Waals surface area contributed by atoms with E-state index < -0.39 is 32.8 Å². The van der Waals surface area contributed by atoms with Crippen LogP contribution in [-0.2, 0) is 38.5 Å². The molecule has 2 N–H and O–H groups in total. The molecule has 0 aliphatic heterocycles. The van der Waals surface area contributed by atoms with Gasteiger partial charge < -0.3 is 14.6 Å². The Kier molecular flexibility index (Phi) is 11.0. The van der Waals surface area contributed by atoms with Gasteiger partial charge in [0.1, 0.15) is 5.82 Å². The molecule has 216 valence electrons. The van der Waals surface area contributed by atoms with Gasteiger partial charge in [-0.2, -0.15) is 0 Å². The minimum absolute atomic E-state index is 0.0227. The SMILES string of the molecule is CCCCc1nc(S(C)=O)c(C(=O)OCC)n1Cc1ccc(-c2ccccc2S(=O)(=O)NC(=O)NCCC)cc1. The van der Waals surface area contributed by atoms with E-state index in [0.717, 1.165) is 18.4 Å². The fourth-order valence-electron chi connectivity index (χ4n) is 4.13. The van der Waals surface area contributed by atoms with Gasteiger partial charge in [0, 0.05) is 31.3 Å². The summed E-state index contributed by atoms with van der Waals surface area (Å²) in [5, 5.41) is 2.71. The number of esters is 1. The fourth-order valence-corrected chi connectivity index (χ4v) is 5.99. The van der Waals surface area contributed by atoms with Crippen LogP contribution in [0.25, 0.3) is 11.1 Å². The first-order valence-electron chi connectivity index (χ1n) is 13.2. The lowest BCUT2D eigenvalue weighted by Gasteiger charge is -2.14. The minimum atomic E-state index is -4.12. The van der Waals surface area contributed by atoms with Gasteiger partial charge in [0.2, 0.25) is 0 Å². The van der Waals surface area contributed by atoms with Crippen molar-refractivity contribution in [2.24, 2.45) is 0 Å². The van der Waals surface area contributed by atoms with Crippen LogP contribution in [0.15, 0.2) is 58.5 Å². The van der Waals surface area contributed by atoms with E-state index >= 15 is 0 Å². The van der Waals surface area contributed by atoms with E-state index in [1.165, 1.54) is 12.3 Å². The van der Waals surface area contributed by atoms with Crippen LogP contribution in [0.5, 0.6) is 0 Å². The Balaban J connectivity index is 1.96. The highest BCUT2D eigenvalue weighted by molar-refractivity contribution is 7.90. The summed E-state index contributed by atoms with van der Waals surface area (Å²) in [6, 6.07) is 12.9. The molecule has 3 rings (SSSR count). The van der Waals surface area contributed by atoms with Crippen LogP contribution in [-0.4, -0.2) is 53.6 Å². The van der Waals surface area contributed by atoms with Crippen LogP contribution in [0, 0.1) is 0 Å². The van der Waals surface area contributed by atoms with E-state index in [-0.39, 0.29) is 28.8 Å². The number of hydrogen-bond acceptors (Lipinski definition) is 7. The smallest absolute Gasteiger partial charge is 0.357 e. The molecule has 0 fully saturated rings. The third-order valence-electron chi connectivity index (χ3n) is 6.05. The molecule has 1 unspecified atom stereocenters. The van der Waals surface area contributed by atoms with Gasteiger partial charge in [-0.1, -0.05) is 62.7 Å². The zero-order valence-corrected chi connectivity index (χ0v) is 24.9. The van der Waals surface area contributed by atoms with E-state index in [9.17, 15) is 22.2 Å². The van der Waals surface area contributed by atoms with Gasteiger partial charge in [-0.15, -0.1) is 0 Å². The van der Waals surface area contributed by atoms with Gasteiger partial charge in [-0.3, -0.25) is 4.21 Å². The molecule has 2 amide bonds. The van der Waals surface area contributed by atoms with Gasteiger partial charge in [-0.25, -0.2) is 27.7 Å². The van der Waals surface area contributed by atoms with E-state index in [2.05, 4.69) is 21.9 Å². The van der Waals surface area contributed by atoms with Crippen LogP contribution in [0.2, 0.25) is 0 Å². The van der Waals surface area contributed by atoms with Gasteiger partial charge in [0.05, 0.1) is 22.3 Å².